The van der Waals surface area contributed by atoms with Crippen molar-refractivity contribution >= 4 is 5.97 Å². The number of carboxylic acids is 1. The van der Waals surface area contributed by atoms with Crippen molar-refractivity contribution in [3.63, 3.8) is 0 Å². The van der Waals surface area contributed by atoms with Crippen LogP contribution in [-0.2, 0) is 9.53 Å². The fraction of sp³-hybridized carbons (Fsp3) is 0.938. The maximum absolute atomic E-state index is 11.7. The van der Waals surface area contributed by atoms with Crippen molar-refractivity contribution in [1.29, 1.82) is 0 Å². The van der Waals surface area contributed by atoms with E-state index >= 15 is 0 Å². The summed E-state index contributed by atoms with van der Waals surface area (Å²) in [5.41, 5.74) is -0.704. The van der Waals surface area contributed by atoms with Crippen molar-refractivity contribution < 1.29 is 14.6 Å². The quantitative estimate of drug-likeness (QED) is 0.646. The zero-order chi connectivity index (χ0) is 15.9. The summed E-state index contributed by atoms with van der Waals surface area (Å²) in [4.78, 5) is 14.0. The van der Waals surface area contributed by atoms with Gasteiger partial charge in [0.25, 0.3) is 0 Å². The molecule has 5 nitrogen and oxygen atoms in total. The Morgan fingerprint density at radius 2 is 2.19 bits per heavy atom. The van der Waals surface area contributed by atoms with Gasteiger partial charge in [-0.05, 0) is 59.2 Å². The van der Waals surface area contributed by atoms with Gasteiger partial charge >= 0.3 is 5.97 Å². The van der Waals surface area contributed by atoms with E-state index in [4.69, 9.17) is 4.74 Å². The summed E-state index contributed by atoms with van der Waals surface area (Å²) < 4.78 is 5.55. The van der Waals surface area contributed by atoms with Crippen LogP contribution in [0.2, 0.25) is 0 Å². The number of aliphatic carboxylic acids is 1. The van der Waals surface area contributed by atoms with Crippen molar-refractivity contribution in [1.82, 2.24) is 10.2 Å². The van der Waals surface area contributed by atoms with Gasteiger partial charge in [-0.1, -0.05) is 13.3 Å². The van der Waals surface area contributed by atoms with Crippen LogP contribution in [0, 0.1) is 5.92 Å². The van der Waals surface area contributed by atoms with E-state index in [0.717, 1.165) is 45.4 Å². The van der Waals surface area contributed by atoms with Gasteiger partial charge in [0.05, 0.1) is 12.7 Å². The molecule has 0 radical (unpaired) electrons. The lowest BCUT2D eigenvalue weighted by Crippen LogP contribution is -2.55. The molecule has 0 aromatic carbocycles. The van der Waals surface area contributed by atoms with Crippen LogP contribution < -0.4 is 5.32 Å². The molecule has 0 bridgehead atoms. The van der Waals surface area contributed by atoms with Crippen molar-refractivity contribution in [3.8, 4) is 0 Å². The van der Waals surface area contributed by atoms with E-state index in [2.05, 4.69) is 17.3 Å². The molecule has 124 valence electrons. The lowest BCUT2D eigenvalue weighted by molar-refractivity contribution is -0.146. The Labute approximate surface area is 129 Å². The predicted molar refractivity (Wildman–Crippen MR) is 84.6 cm³/mol. The fourth-order valence-electron chi connectivity index (χ4n) is 3.31. The highest BCUT2D eigenvalue weighted by Gasteiger charge is 2.48. The second kappa shape index (κ2) is 8.71. The van der Waals surface area contributed by atoms with Gasteiger partial charge in [0.1, 0.15) is 5.54 Å². The molecule has 2 unspecified atom stereocenters. The average Bonchev–Trinajstić information content (AvgIpc) is 2.80. The molecule has 1 saturated carbocycles. The molecular formula is C16H32N2O3. The normalized spacial score (nSPS) is 25.9. The molecule has 0 spiro atoms. The van der Waals surface area contributed by atoms with Crippen LogP contribution in [0.5, 0.6) is 0 Å². The third kappa shape index (κ3) is 5.24. The molecule has 1 aliphatic rings. The standard InChI is InChI=1S/C16H32N2O3/c1-5-17-16(15(19)20)9-6-7-14(16)8-10-18(4)11-12-21-13(2)3/h13-14,17H,5-12H2,1-4H3,(H,19,20). The topological polar surface area (TPSA) is 61.8 Å². The van der Waals surface area contributed by atoms with Crippen LogP contribution in [0.3, 0.4) is 0 Å². The van der Waals surface area contributed by atoms with Gasteiger partial charge < -0.3 is 20.1 Å². The van der Waals surface area contributed by atoms with E-state index in [0.29, 0.717) is 6.54 Å². The summed E-state index contributed by atoms with van der Waals surface area (Å²) >= 11 is 0. The number of likely N-dealkylation sites (N-methyl/N-ethyl adjacent to an activating group) is 2. The third-order valence-electron chi connectivity index (χ3n) is 4.48. The Hall–Kier alpha value is -0.650. The first-order valence-corrected chi connectivity index (χ1v) is 8.21. The number of nitrogens with one attached hydrogen (secondary N) is 1. The maximum Gasteiger partial charge on any atom is 0.324 e. The minimum Gasteiger partial charge on any atom is -0.480 e. The minimum absolute atomic E-state index is 0.225. The highest BCUT2D eigenvalue weighted by Crippen LogP contribution is 2.38. The molecule has 0 aromatic heterocycles. The zero-order valence-corrected chi connectivity index (χ0v) is 14.0. The van der Waals surface area contributed by atoms with Crippen molar-refractivity contribution in [2.75, 3.05) is 33.3 Å². The van der Waals surface area contributed by atoms with E-state index in [1.54, 1.807) is 0 Å². The Bertz CT molecular complexity index is 323. The molecule has 5 heteroatoms. The van der Waals surface area contributed by atoms with E-state index in [1.165, 1.54) is 0 Å². The molecule has 2 N–H and O–H groups in total. The second-order valence-electron chi connectivity index (χ2n) is 6.41. The molecule has 0 aromatic rings. The van der Waals surface area contributed by atoms with Gasteiger partial charge in [0.2, 0.25) is 0 Å². The highest BCUT2D eigenvalue weighted by molar-refractivity contribution is 5.79. The molecule has 1 aliphatic carbocycles. The summed E-state index contributed by atoms with van der Waals surface area (Å²) in [6.45, 7) is 9.32. The average molecular weight is 300 g/mol. The van der Waals surface area contributed by atoms with Gasteiger partial charge in [0.15, 0.2) is 0 Å². The molecule has 0 amide bonds. The Balaban J connectivity index is 2.43. The van der Waals surface area contributed by atoms with Gasteiger partial charge in [-0.25, -0.2) is 0 Å². The third-order valence-corrected chi connectivity index (χ3v) is 4.48. The molecule has 2 atom stereocenters. The number of rotatable bonds is 10. The first kappa shape index (κ1) is 18.4. The molecule has 0 saturated heterocycles. The van der Waals surface area contributed by atoms with Gasteiger partial charge in [-0.3, -0.25) is 4.79 Å². The van der Waals surface area contributed by atoms with Crippen molar-refractivity contribution in [3.05, 3.63) is 0 Å². The van der Waals surface area contributed by atoms with E-state index in [9.17, 15) is 9.90 Å². The van der Waals surface area contributed by atoms with Crippen molar-refractivity contribution in [2.24, 2.45) is 5.92 Å². The summed E-state index contributed by atoms with van der Waals surface area (Å²) in [5, 5.41) is 12.9. The van der Waals surface area contributed by atoms with Crippen LogP contribution in [0.1, 0.15) is 46.5 Å². The van der Waals surface area contributed by atoms with Crippen LogP contribution in [-0.4, -0.2) is 60.9 Å². The molecular weight excluding hydrogens is 268 g/mol. The Morgan fingerprint density at radius 3 is 2.76 bits per heavy atom. The Kier molecular flexibility index (Phi) is 7.63. The first-order chi connectivity index (χ1) is 9.92. The van der Waals surface area contributed by atoms with Crippen LogP contribution in [0.25, 0.3) is 0 Å². The van der Waals surface area contributed by atoms with E-state index in [1.807, 2.05) is 20.8 Å². The highest BCUT2D eigenvalue weighted by atomic mass is 16.5. The number of carbonyl (C=O) groups is 1. The number of hydrogen-bond donors (Lipinski definition) is 2. The maximum atomic E-state index is 11.7. The lowest BCUT2D eigenvalue weighted by atomic mass is 9.84. The largest absolute Gasteiger partial charge is 0.480 e. The summed E-state index contributed by atoms with van der Waals surface area (Å²) in [7, 11) is 2.08. The van der Waals surface area contributed by atoms with Gasteiger partial charge in [-0.15, -0.1) is 0 Å². The molecule has 1 rings (SSSR count). The SMILES string of the molecule is CCNC1(C(=O)O)CCCC1CCN(C)CCOC(C)C. The van der Waals surface area contributed by atoms with Gasteiger partial charge in [-0.2, -0.15) is 0 Å². The van der Waals surface area contributed by atoms with E-state index in [-0.39, 0.29) is 12.0 Å². The second-order valence-corrected chi connectivity index (χ2v) is 6.41. The monoisotopic (exact) mass is 300 g/mol. The van der Waals surface area contributed by atoms with E-state index < -0.39 is 11.5 Å². The molecule has 0 aliphatic heterocycles. The Morgan fingerprint density at radius 1 is 1.48 bits per heavy atom. The van der Waals surface area contributed by atoms with Crippen LogP contribution in [0.4, 0.5) is 0 Å². The summed E-state index contributed by atoms with van der Waals surface area (Å²) in [5.74, 6) is -0.457. The minimum atomic E-state index is -0.704. The first-order valence-electron chi connectivity index (χ1n) is 8.21. The lowest BCUT2D eigenvalue weighted by Gasteiger charge is -2.33. The van der Waals surface area contributed by atoms with Crippen LogP contribution >= 0.6 is 0 Å². The van der Waals surface area contributed by atoms with Gasteiger partial charge in [0, 0.05) is 6.54 Å². The van der Waals surface area contributed by atoms with Crippen LogP contribution in [0.15, 0.2) is 0 Å². The molecule has 21 heavy (non-hydrogen) atoms. The number of nitrogens with zero attached hydrogens (tertiary/aromatic N) is 1. The fourth-order valence-corrected chi connectivity index (χ4v) is 3.31. The number of carboxylic acid groups (broad SMARTS) is 1. The summed E-state index contributed by atoms with van der Waals surface area (Å²) in [6.07, 6.45) is 3.96. The van der Waals surface area contributed by atoms with Crippen molar-refractivity contribution in [2.45, 2.75) is 58.1 Å². The summed E-state index contributed by atoms with van der Waals surface area (Å²) in [6, 6.07) is 0. The molecule has 0 heterocycles. The molecule has 1 fully saturated rings. The smallest absolute Gasteiger partial charge is 0.324 e. The zero-order valence-electron chi connectivity index (χ0n) is 14.0. The number of ether oxygens (including phenoxy) is 1. The number of hydrogen-bond acceptors (Lipinski definition) is 4. The predicted octanol–water partition coefficient (Wildman–Crippen LogP) is 1.97.